The fourth-order valence-electron chi connectivity index (χ4n) is 1.92. The van der Waals surface area contributed by atoms with E-state index < -0.39 is 0 Å². The lowest BCUT2D eigenvalue weighted by Gasteiger charge is -2.12. The quantitative estimate of drug-likeness (QED) is 0.869. The lowest BCUT2D eigenvalue weighted by molar-refractivity contribution is -0.118. The fraction of sp³-hybridized carbons (Fsp3) is 0.235. The molecule has 0 radical (unpaired) electrons. The molecule has 0 atom stereocenters. The molecule has 1 N–H and O–H groups in total. The fourth-order valence-corrected chi connectivity index (χ4v) is 2.28. The van der Waals surface area contributed by atoms with Crippen molar-refractivity contribution in [3.05, 3.63) is 52.0 Å². The van der Waals surface area contributed by atoms with E-state index in [-0.39, 0.29) is 12.5 Å². The second-order valence-corrected chi connectivity index (χ2v) is 5.84. The van der Waals surface area contributed by atoms with Gasteiger partial charge in [0.2, 0.25) is 0 Å². The van der Waals surface area contributed by atoms with E-state index in [9.17, 15) is 4.79 Å². The van der Waals surface area contributed by atoms with Crippen LogP contribution in [0.5, 0.6) is 11.5 Å². The van der Waals surface area contributed by atoms with Gasteiger partial charge in [-0.3, -0.25) is 4.79 Å². The summed E-state index contributed by atoms with van der Waals surface area (Å²) < 4.78 is 11.6. The van der Waals surface area contributed by atoms with Gasteiger partial charge in [0, 0.05) is 4.47 Å². The smallest absolute Gasteiger partial charge is 0.262 e. The van der Waals surface area contributed by atoms with Crippen LogP contribution in [-0.2, 0) is 4.79 Å². The van der Waals surface area contributed by atoms with Gasteiger partial charge in [0.1, 0.15) is 11.5 Å². The number of amides is 1. The van der Waals surface area contributed by atoms with Crippen molar-refractivity contribution in [2.24, 2.45) is 0 Å². The van der Waals surface area contributed by atoms with Crippen LogP contribution in [0.25, 0.3) is 0 Å². The number of halogens is 1. The Morgan fingerprint density at radius 1 is 1.14 bits per heavy atom. The van der Waals surface area contributed by atoms with Crippen LogP contribution >= 0.6 is 15.9 Å². The number of rotatable bonds is 5. The first-order valence-corrected chi connectivity index (χ1v) is 7.62. The molecule has 0 spiro atoms. The van der Waals surface area contributed by atoms with Gasteiger partial charge in [-0.25, -0.2) is 0 Å². The molecule has 0 fully saturated rings. The maximum absolute atomic E-state index is 12.0. The van der Waals surface area contributed by atoms with Crippen LogP contribution in [0.2, 0.25) is 0 Å². The molecule has 4 nitrogen and oxygen atoms in total. The number of benzene rings is 2. The molecule has 0 aromatic heterocycles. The first-order valence-electron chi connectivity index (χ1n) is 6.83. The molecule has 5 heteroatoms. The highest BCUT2D eigenvalue weighted by molar-refractivity contribution is 9.10. The van der Waals surface area contributed by atoms with Crippen LogP contribution in [0.1, 0.15) is 11.1 Å². The van der Waals surface area contributed by atoms with E-state index in [0.717, 1.165) is 10.0 Å². The average molecular weight is 364 g/mol. The number of hydrogen-bond donors (Lipinski definition) is 1. The molecular weight excluding hydrogens is 346 g/mol. The van der Waals surface area contributed by atoms with Crippen molar-refractivity contribution in [3.63, 3.8) is 0 Å². The molecule has 0 aliphatic rings. The summed E-state index contributed by atoms with van der Waals surface area (Å²) in [7, 11) is 1.56. The summed E-state index contributed by atoms with van der Waals surface area (Å²) in [6, 6.07) is 11.2. The van der Waals surface area contributed by atoms with Crippen LogP contribution in [-0.4, -0.2) is 19.6 Å². The second kappa shape index (κ2) is 7.31. The number of carbonyl (C=O) groups is 1. The van der Waals surface area contributed by atoms with E-state index in [1.54, 1.807) is 19.2 Å². The van der Waals surface area contributed by atoms with Crippen LogP contribution in [0, 0.1) is 13.8 Å². The van der Waals surface area contributed by atoms with E-state index in [1.165, 1.54) is 5.56 Å². The lowest BCUT2D eigenvalue weighted by Crippen LogP contribution is -2.20. The zero-order valence-corrected chi connectivity index (χ0v) is 14.4. The molecule has 0 bridgehead atoms. The van der Waals surface area contributed by atoms with Gasteiger partial charge in [0.25, 0.3) is 5.91 Å². The van der Waals surface area contributed by atoms with Gasteiger partial charge in [-0.05, 0) is 55.3 Å². The van der Waals surface area contributed by atoms with Crippen molar-refractivity contribution in [1.82, 2.24) is 0 Å². The van der Waals surface area contributed by atoms with Gasteiger partial charge in [0.15, 0.2) is 6.61 Å². The van der Waals surface area contributed by atoms with E-state index >= 15 is 0 Å². The van der Waals surface area contributed by atoms with E-state index in [2.05, 4.69) is 21.2 Å². The van der Waals surface area contributed by atoms with Crippen LogP contribution in [0.15, 0.2) is 40.9 Å². The molecular formula is C17H18BrNO3. The summed E-state index contributed by atoms with van der Waals surface area (Å²) >= 11 is 3.37. The summed E-state index contributed by atoms with van der Waals surface area (Å²) in [6.45, 7) is 3.98. The van der Waals surface area contributed by atoms with Crippen LogP contribution in [0.4, 0.5) is 5.69 Å². The highest BCUT2D eigenvalue weighted by atomic mass is 79.9. The van der Waals surface area contributed by atoms with Gasteiger partial charge >= 0.3 is 0 Å². The zero-order chi connectivity index (χ0) is 16.1. The summed E-state index contributed by atoms with van der Waals surface area (Å²) in [5.41, 5.74) is 2.92. The molecule has 2 aromatic rings. The molecule has 0 unspecified atom stereocenters. The van der Waals surface area contributed by atoms with Gasteiger partial charge in [-0.2, -0.15) is 0 Å². The first-order chi connectivity index (χ1) is 10.5. The molecule has 1 amide bonds. The monoisotopic (exact) mass is 363 g/mol. The SMILES string of the molecule is COc1ccc(Br)cc1NC(=O)COc1ccc(C)c(C)c1. The van der Waals surface area contributed by atoms with Gasteiger partial charge < -0.3 is 14.8 Å². The molecule has 116 valence electrons. The minimum atomic E-state index is -0.241. The Morgan fingerprint density at radius 2 is 1.91 bits per heavy atom. The molecule has 22 heavy (non-hydrogen) atoms. The first kappa shape index (κ1) is 16.4. The third-order valence-electron chi connectivity index (χ3n) is 3.28. The molecule has 0 aliphatic carbocycles. The molecule has 0 saturated heterocycles. The number of methoxy groups -OCH3 is 1. The van der Waals surface area contributed by atoms with Gasteiger partial charge in [-0.1, -0.05) is 22.0 Å². The molecule has 2 aromatic carbocycles. The Balaban J connectivity index is 1.98. The third-order valence-corrected chi connectivity index (χ3v) is 3.78. The number of carbonyl (C=O) groups excluding carboxylic acids is 1. The Hall–Kier alpha value is -2.01. The van der Waals surface area contributed by atoms with Crippen molar-refractivity contribution in [2.45, 2.75) is 13.8 Å². The molecule has 0 saturated carbocycles. The summed E-state index contributed by atoms with van der Waals surface area (Å²) in [6.07, 6.45) is 0. The normalized spacial score (nSPS) is 10.2. The van der Waals surface area contributed by atoms with E-state index in [4.69, 9.17) is 9.47 Å². The average Bonchev–Trinajstić information content (AvgIpc) is 2.49. The van der Waals surface area contributed by atoms with E-state index in [0.29, 0.717) is 17.2 Å². The number of hydrogen-bond acceptors (Lipinski definition) is 3. The number of anilines is 1. The minimum absolute atomic E-state index is 0.0574. The maximum atomic E-state index is 12.0. The number of ether oxygens (including phenoxy) is 2. The van der Waals surface area contributed by atoms with Crippen LogP contribution < -0.4 is 14.8 Å². The highest BCUT2D eigenvalue weighted by Crippen LogP contribution is 2.27. The maximum Gasteiger partial charge on any atom is 0.262 e. The van der Waals surface area contributed by atoms with Crippen molar-refractivity contribution < 1.29 is 14.3 Å². The summed E-state index contributed by atoms with van der Waals surface area (Å²) in [5.74, 6) is 1.04. The molecule has 0 aliphatic heterocycles. The predicted octanol–water partition coefficient (Wildman–Crippen LogP) is 4.09. The van der Waals surface area contributed by atoms with E-state index in [1.807, 2.05) is 38.1 Å². The van der Waals surface area contributed by atoms with Crippen LogP contribution in [0.3, 0.4) is 0 Å². The number of aryl methyl sites for hydroxylation is 2. The molecule has 2 rings (SSSR count). The Labute approximate surface area is 138 Å². The number of nitrogens with one attached hydrogen (secondary N) is 1. The molecule has 0 heterocycles. The third kappa shape index (κ3) is 4.24. The Kier molecular flexibility index (Phi) is 5.44. The zero-order valence-electron chi connectivity index (χ0n) is 12.8. The standard InChI is InChI=1S/C17H18BrNO3/c1-11-4-6-14(8-12(11)2)22-10-17(20)19-15-9-13(18)5-7-16(15)21-3/h4-9H,10H2,1-3H3,(H,19,20). The Morgan fingerprint density at radius 3 is 2.59 bits per heavy atom. The van der Waals surface area contributed by atoms with Gasteiger partial charge in [0.05, 0.1) is 12.8 Å². The largest absolute Gasteiger partial charge is 0.495 e. The van der Waals surface area contributed by atoms with Gasteiger partial charge in [-0.15, -0.1) is 0 Å². The van der Waals surface area contributed by atoms with Crippen molar-refractivity contribution >= 4 is 27.5 Å². The minimum Gasteiger partial charge on any atom is -0.495 e. The topological polar surface area (TPSA) is 47.6 Å². The van der Waals surface area contributed by atoms with Crippen molar-refractivity contribution in [1.29, 1.82) is 0 Å². The predicted molar refractivity (Wildman–Crippen MR) is 90.7 cm³/mol. The second-order valence-electron chi connectivity index (χ2n) is 4.93. The van der Waals surface area contributed by atoms with Crippen molar-refractivity contribution in [2.75, 3.05) is 19.0 Å². The summed E-state index contributed by atoms with van der Waals surface area (Å²) in [4.78, 5) is 12.0. The highest BCUT2D eigenvalue weighted by Gasteiger charge is 2.09. The van der Waals surface area contributed by atoms with Crippen molar-refractivity contribution in [3.8, 4) is 11.5 Å². The Bertz CT molecular complexity index is 686. The lowest BCUT2D eigenvalue weighted by atomic mass is 10.1. The summed E-state index contributed by atoms with van der Waals surface area (Å²) in [5, 5.41) is 2.78.